The zero-order chi connectivity index (χ0) is 14.5. The van der Waals surface area contributed by atoms with Crippen molar-refractivity contribution in [1.82, 2.24) is 10.1 Å². The van der Waals surface area contributed by atoms with Crippen LogP contribution in [0.1, 0.15) is 31.2 Å². The molecule has 5 nitrogen and oxygen atoms in total. The van der Waals surface area contributed by atoms with E-state index < -0.39 is 11.9 Å². The van der Waals surface area contributed by atoms with E-state index in [4.69, 9.17) is 4.52 Å². The topological polar surface area (TPSA) is 76.2 Å². The summed E-state index contributed by atoms with van der Waals surface area (Å²) in [5.41, 5.74) is 1.66. The van der Waals surface area contributed by atoms with Crippen LogP contribution in [0.25, 0.3) is 11.4 Å². The Kier molecular flexibility index (Phi) is 2.67. The van der Waals surface area contributed by atoms with Gasteiger partial charge in [0.1, 0.15) is 0 Å². The first-order chi connectivity index (χ1) is 9.41. The van der Waals surface area contributed by atoms with E-state index in [1.54, 1.807) is 0 Å². The Morgan fingerprint density at radius 1 is 1.40 bits per heavy atom. The molecule has 2 atom stereocenters. The number of hydrogen-bond donors (Lipinski definition) is 1. The summed E-state index contributed by atoms with van der Waals surface area (Å²) in [4.78, 5) is 15.6. The third kappa shape index (κ3) is 1.90. The fourth-order valence-corrected chi connectivity index (χ4v) is 2.82. The second kappa shape index (κ2) is 4.16. The normalized spacial score (nSPS) is 23.6. The van der Waals surface area contributed by atoms with Crippen molar-refractivity contribution >= 4 is 5.97 Å². The number of aryl methyl sites for hydroxylation is 1. The van der Waals surface area contributed by atoms with E-state index in [1.165, 1.54) is 0 Å². The highest BCUT2D eigenvalue weighted by Crippen LogP contribution is 2.64. The quantitative estimate of drug-likeness (QED) is 0.929. The van der Waals surface area contributed by atoms with Crippen LogP contribution in [0, 0.1) is 18.3 Å². The van der Waals surface area contributed by atoms with Gasteiger partial charge in [-0.05, 0) is 18.4 Å². The molecule has 1 heterocycles. The molecule has 1 N–H and O–H groups in total. The molecule has 1 fully saturated rings. The number of rotatable bonds is 3. The maximum atomic E-state index is 11.2. The molecule has 0 saturated heterocycles. The molecule has 0 bridgehead atoms. The van der Waals surface area contributed by atoms with Gasteiger partial charge in [0, 0.05) is 5.56 Å². The van der Waals surface area contributed by atoms with Gasteiger partial charge in [0.05, 0.1) is 11.8 Å². The van der Waals surface area contributed by atoms with Gasteiger partial charge in [-0.15, -0.1) is 0 Å². The number of nitrogens with zero attached hydrogens (tertiary/aromatic N) is 2. The van der Waals surface area contributed by atoms with Gasteiger partial charge in [-0.1, -0.05) is 42.8 Å². The van der Waals surface area contributed by atoms with Crippen LogP contribution in [0.4, 0.5) is 0 Å². The largest absolute Gasteiger partial charge is 0.481 e. The van der Waals surface area contributed by atoms with Crippen LogP contribution in [-0.2, 0) is 4.79 Å². The van der Waals surface area contributed by atoms with Crippen molar-refractivity contribution in [3.63, 3.8) is 0 Å². The van der Waals surface area contributed by atoms with Crippen LogP contribution in [0.3, 0.4) is 0 Å². The number of benzene rings is 1. The van der Waals surface area contributed by atoms with Gasteiger partial charge < -0.3 is 9.63 Å². The van der Waals surface area contributed by atoms with E-state index in [1.807, 2.05) is 45.0 Å². The highest BCUT2D eigenvalue weighted by atomic mass is 16.5. The van der Waals surface area contributed by atoms with Gasteiger partial charge in [-0.3, -0.25) is 4.79 Å². The summed E-state index contributed by atoms with van der Waals surface area (Å²) in [5.74, 6) is -0.538. The lowest BCUT2D eigenvalue weighted by atomic mass is 10.1. The minimum atomic E-state index is -0.810. The molecule has 0 aliphatic heterocycles. The Morgan fingerprint density at radius 3 is 2.75 bits per heavy atom. The van der Waals surface area contributed by atoms with E-state index in [9.17, 15) is 9.90 Å². The average Bonchev–Trinajstić information content (AvgIpc) is 2.73. The lowest BCUT2D eigenvalue weighted by Crippen LogP contribution is -2.03. The van der Waals surface area contributed by atoms with E-state index in [-0.39, 0.29) is 11.3 Å². The zero-order valence-electron chi connectivity index (χ0n) is 11.6. The second-order valence-electron chi connectivity index (χ2n) is 5.94. The molecule has 1 saturated carbocycles. The Bertz CT molecular complexity index is 675. The molecule has 0 spiro atoms. The van der Waals surface area contributed by atoms with Crippen LogP contribution in [-0.4, -0.2) is 21.2 Å². The molecule has 0 radical (unpaired) electrons. The molecule has 1 aromatic carbocycles. The fourth-order valence-electron chi connectivity index (χ4n) is 2.82. The summed E-state index contributed by atoms with van der Waals surface area (Å²) >= 11 is 0. The molecule has 20 heavy (non-hydrogen) atoms. The second-order valence-corrected chi connectivity index (χ2v) is 5.94. The van der Waals surface area contributed by atoms with E-state index in [2.05, 4.69) is 10.1 Å². The maximum Gasteiger partial charge on any atom is 0.307 e. The standard InChI is InChI=1S/C15H16N2O3/c1-8-5-4-6-9(7-8)12-16-13(20-17-12)10-11(14(18)19)15(10,2)3/h4-7,10-11H,1-3H3,(H,18,19). The van der Waals surface area contributed by atoms with Crippen molar-refractivity contribution in [3.05, 3.63) is 35.7 Å². The molecule has 5 heteroatoms. The predicted octanol–water partition coefficient (Wildman–Crippen LogP) is 2.87. The van der Waals surface area contributed by atoms with E-state index >= 15 is 0 Å². The third-order valence-corrected chi connectivity index (χ3v) is 4.08. The Labute approximate surface area is 116 Å². The summed E-state index contributed by atoms with van der Waals surface area (Å²) in [5, 5.41) is 13.2. The Hall–Kier alpha value is -2.17. The van der Waals surface area contributed by atoms with Crippen molar-refractivity contribution in [3.8, 4) is 11.4 Å². The molecule has 104 valence electrons. The first-order valence-electron chi connectivity index (χ1n) is 6.54. The first-order valence-corrected chi connectivity index (χ1v) is 6.54. The minimum absolute atomic E-state index is 0.203. The highest BCUT2D eigenvalue weighted by Gasteiger charge is 2.65. The molecule has 1 aromatic heterocycles. The van der Waals surface area contributed by atoms with Crippen LogP contribution in [0.5, 0.6) is 0 Å². The predicted molar refractivity (Wildman–Crippen MR) is 72.1 cm³/mol. The highest BCUT2D eigenvalue weighted by molar-refractivity contribution is 5.77. The lowest BCUT2D eigenvalue weighted by Gasteiger charge is -1.96. The van der Waals surface area contributed by atoms with Gasteiger partial charge >= 0.3 is 5.97 Å². The molecular weight excluding hydrogens is 256 g/mol. The maximum absolute atomic E-state index is 11.2. The van der Waals surface area contributed by atoms with Gasteiger partial charge in [-0.2, -0.15) is 4.98 Å². The SMILES string of the molecule is Cc1cccc(-c2noc(C3C(C(=O)O)C3(C)C)n2)c1. The summed E-state index contributed by atoms with van der Waals surface area (Å²) < 4.78 is 5.27. The van der Waals surface area contributed by atoms with Crippen LogP contribution in [0.15, 0.2) is 28.8 Å². The number of carboxylic acid groups (broad SMARTS) is 1. The van der Waals surface area contributed by atoms with Crippen molar-refractivity contribution in [2.24, 2.45) is 11.3 Å². The molecule has 1 aliphatic carbocycles. The summed E-state index contributed by atoms with van der Waals surface area (Å²) in [6.45, 7) is 5.81. The first kappa shape index (κ1) is 12.8. The van der Waals surface area contributed by atoms with Crippen molar-refractivity contribution < 1.29 is 14.4 Å². The molecule has 3 rings (SSSR count). The Balaban J connectivity index is 1.91. The number of aliphatic carboxylic acids is 1. The average molecular weight is 272 g/mol. The van der Waals surface area contributed by atoms with Gasteiger partial charge in [0.25, 0.3) is 0 Å². The number of hydrogen-bond acceptors (Lipinski definition) is 4. The third-order valence-electron chi connectivity index (χ3n) is 4.08. The van der Waals surface area contributed by atoms with E-state index in [0.717, 1.165) is 11.1 Å². The van der Waals surface area contributed by atoms with Crippen LogP contribution < -0.4 is 0 Å². The van der Waals surface area contributed by atoms with Gasteiger partial charge in [0.15, 0.2) is 0 Å². The number of aromatic nitrogens is 2. The van der Waals surface area contributed by atoms with Gasteiger partial charge in [-0.25, -0.2) is 0 Å². The summed E-state index contributed by atoms with van der Waals surface area (Å²) in [6, 6.07) is 7.81. The molecular formula is C15H16N2O3. The van der Waals surface area contributed by atoms with E-state index in [0.29, 0.717) is 11.7 Å². The molecule has 1 aliphatic rings. The summed E-state index contributed by atoms with van der Waals surface area (Å²) in [7, 11) is 0. The number of carbonyl (C=O) groups is 1. The lowest BCUT2D eigenvalue weighted by molar-refractivity contribution is -0.139. The fraction of sp³-hybridized carbons (Fsp3) is 0.400. The van der Waals surface area contributed by atoms with Crippen molar-refractivity contribution in [2.75, 3.05) is 0 Å². The minimum Gasteiger partial charge on any atom is -0.481 e. The molecule has 2 unspecified atom stereocenters. The monoisotopic (exact) mass is 272 g/mol. The number of carboxylic acids is 1. The molecule has 2 aromatic rings. The zero-order valence-corrected chi connectivity index (χ0v) is 11.6. The van der Waals surface area contributed by atoms with Crippen LogP contribution >= 0.6 is 0 Å². The van der Waals surface area contributed by atoms with Crippen LogP contribution in [0.2, 0.25) is 0 Å². The summed E-state index contributed by atoms with van der Waals surface area (Å²) in [6.07, 6.45) is 0. The van der Waals surface area contributed by atoms with Gasteiger partial charge in [0.2, 0.25) is 11.7 Å². The molecule has 0 amide bonds. The van der Waals surface area contributed by atoms with Crippen molar-refractivity contribution in [2.45, 2.75) is 26.7 Å². The van der Waals surface area contributed by atoms with Crippen molar-refractivity contribution in [1.29, 1.82) is 0 Å². The smallest absolute Gasteiger partial charge is 0.307 e. The Morgan fingerprint density at radius 2 is 2.15 bits per heavy atom.